The minimum absolute atomic E-state index is 0.0204. The number of carboxylic acids is 1. The van der Waals surface area contributed by atoms with Gasteiger partial charge in [0.1, 0.15) is 36.3 Å². The molecule has 3 unspecified atom stereocenters. The maximum Gasteiger partial charge on any atom is 0.274 e. The number of aliphatic hydroxyl groups is 2. The zero-order valence-electron chi connectivity index (χ0n) is 33.5. The molecule has 1 aromatic carbocycles. The Labute approximate surface area is 362 Å². The molecule has 30 heteroatoms. The van der Waals surface area contributed by atoms with E-state index >= 15 is 0 Å². The second-order valence-electron chi connectivity index (χ2n) is 14.6. The number of nitrogens with zero attached hydrogens (tertiary/aromatic N) is 4. The molecule has 0 radical (unpaired) electrons. The molecule has 350 valence electrons. The first-order valence-corrected chi connectivity index (χ1v) is 23.9. The second kappa shape index (κ2) is 22.0. The van der Waals surface area contributed by atoms with Crippen LogP contribution in [-0.4, -0.2) is 109 Å². The van der Waals surface area contributed by atoms with Crippen molar-refractivity contribution in [3.63, 3.8) is 0 Å². The number of nitrogens with two attached hydrogens (primary N) is 1. The van der Waals surface area contributed by atoms with E-state index in [2.05, 4.69) is 43.5 Å². The number of carbonyl (C=O) groups is 4. The Bertz CT molecular complexity index is 2260. The van der Waals surface area contributed by atoms with Gasteiger partial charge in [0, 0.05) is 42.6 Å². The smallest absolute Gasteiger partial charge is 0.274 e. The Morgan fingerprint density at radius 1 is 1.05 bits per heavy atom. The Hall–Kier alpha value is -3.75. The van der Waals surface area contributed by atoms with Gasteiger partial charge in [-0.3, -0.25) is 28.1 Å². The number of nitrogens with one attached hydrogen (secondary N) is 2. The number of rotatable bonds is 24. The fraction of sp³-hybridized carbons (Fsp3) is 0.545. The van der Waals surface area contributed by atoms with Gasteiger partial charge in [-0.05, 0) is 25.3 Å². The average molecular weight is 967 g/mol. The number of carboxylic acid groups (broad SMARTS) is 1. The molecule has 2 aromatic heterocycles. The molecule has 4 rings (SSSR count). The predicted octanol–water partition coefficient (Wildman–Crippen LogP) is -3.56. The number of fused-ring (bicyclic) bond motifs is 1. The van der Waals surface area contributed by atoms with Crippen LogP contribution >= 0.6 is 35.2 Å². The molecular weight excluding hydrogens is 923 g/mol. The van der Waals surface area contributed by atoms with Crippen LogP contribution in [0.1, 0.15) is 44.0 Å². The van der Waals surface area contributed by atoms with Gasteiger partial charge in [0.15, 0.2) is 22.8 Å². The maximum absolute atomic E-state index is 12.7. The first-order valence-electron chi connectivity index (χ1n) is 18.5. The van der Waals surface area contributed by atoms with Crippen molar-refractivity contribution >= 4 is 75.1 Å². The Kier molecular flexibility index (Phi) is 18.1. The summed E-state index contributed by atoms with van der Waals surface area (Å²) in [7, 11) is -17.7. The lowest BCUT2D eigenvalue weighted by molar-refractivity contribution is -0.347. The molecule has 1 aliphatic heterocycles. The van der Waals surface area contributed by atoms with E-state index in [9.17, 15) is 67.8 Å². The number of thioether (sulfide) groups is 1. The predicted molar refractivity (Wildman–Crippen MR) is 206 cm³/mol. The van der Waals surface area contributed by atoms with Crippen LogP contribution in [0.2, 0.25) is 0 Å². The van der Waals surface area contributed by atoms with Crippen molar-refractivity contribution in [3.8, 4) is 0 Å². The fourth-order valence-corrected chi connectivity index (χ4v) is 9.48. The van der Waals surface area contributed by atoms with Crippen molar-refractivity contribution < 1.29 is 90.4 Å². The number of benzene rings is 1. The molecule has 0 spiro atoms. The van der Waals surface area contributed by atoms with Crippen LogP contribution in [-0.2, 0) is 61.9 Å². The number of nitrogen functional groups attached to an aromatic ring is 1. The molecule has 63 heavy (non-hydrogen) atoms. The van der Waals surface area contributed by atoms with Gasteiger partial charge < -0.3 is 78.9 Å². The van der Waals surface area contributed by atoms with E-state index in [0.29, 0.717) is 0 Å². The molecule has 0 aliphatic carbocycles. The number of ether oxygens (including phenoxy) is 1. The van der Waals surface area contributed by atoms with Gasteiger partial charge in [-0.25, -0.2) is 19.3 Å². The molecule has 3 heterocycles. The summed E-state index contributed by atoms with van der Waals surface area (Å²) in [6.45, 7) is 1.59. The van der Waals surface area contributed by atoms with Crippen LogP contribution in [0, 0.1) is 18.3 Å². The number of amides is 2. The molecule has 1 saturated heterocycles. The SMILES string of the molecule is Cc1cccc(CC(CC(=O)[O-])C(=O)SCCNC(=O)CCNC(=O)[C@H](O)C(C)(C)COP(=O)([O-])OP(=O)([O-])OC[C@H]2O[C@@H](n3cnc4c(N)ncnc43)[C@H](O)[C@@H]2OP(=O)([O-])[O-])c1. The topological polar surface area (TPSA) is 415 Å². The first kappa shape index (κ1) is 51.9. The van der Waals surface area contributed by atoms with Crippen molar-refractivity contribution in [3.05, 3.63) is 48.0 Å². The number of aryl methyl sites for hydroxylation is 1. The number of hydrogen-bond donors (Lipinski definition) is 5. The largest absolute Gasteiger partial charge is 0.790 e. The van der Waals surface area contributed by atoms with Crippen molar-refractivity contribution in [1.29, 1.82) is 0 Å². The van der Waals surface area contributed by atoms with E-state index in [1.54, 1.807) is 12.1 Å². The van der Waals surface area contributed by atoms with Crippen molar-refractivity contribution in [2.24, 2.45) is 11.3 Å². The zero-order valence-corrected chi connectivity index (χ0v) is 37.0. The first-order chi connectivity index (χ1) is 29.3. The van der Waals surface area contributed by atoms with Gasteiger partial charge in [0.05, 0.1) is 27.4 Å². The average Bonchev–Trinajstić information content (AvgIpc) is 3.74. The Morgan fingerprint density at radius 2 is 1.75 bits per heavy atom. The van der Waals surface area contributed by atoms with E-state index in [1.165, 1.54) is 13.8 Å². The van der Waals surface area contributed by atoms with Crippen molar-refractivity contribution in [1.82, 2.24) is 30.2 Å². The van der Waals surface area contributed by atoms with Crippen molar-refractivity contribution in [2.75, 3.05) is 37.8 Å². The number of aliphatic carboxylic acids is 1. The number of phosphoric ester groups is 3. The number of aromatic nitrogens is 4. The number of phosphoric acid groups is 3. The maximum atomic E-state index is 12.7. The number of hydrogen-bond acceptors (Lipinski definition) is 24. The third kappa shape index (κ3) is 15.7. The number of carbonyl (C=O) groups excluding carboxylic acids is 4. The summed E-state index contributed by atoms with van der Waals surface area (Å²) in [6, 6.07) is 7.27. The quantitative estimate of drug-likeness (QED) is 0.0428. The number of imidazole rings is 1. The second-order valence-corrected chi connectivity index (χ2v) is 19.8. The molecule has 6 N–H and O–H groups in total. The molecule has 8 atom stereocenters. The van der Waals surface area contributed by atoms with E-state index in [-0.39, 0.29) is 48.7 Å². The van der Waals surface area contributed by atoms with Gasteiger partial charge in [-0.1, -0.05) is 55.4 Å². The van der Waals surface area contributed by atoms with Crippen LogP contribution in [0.15, 0.2) is 36.9 Å². The molecule has 1 fully saturated rings. The highest BCUT2D eigenvalue weighted by atomic mass is 32.2. The van der Waals surface area contributed by atoms with Gasteiger partial charge in [0.25, 0.3) is 15.6 Å². The van der Waals surface area contributed by atoms with Crippen LogP contribution in [0.3, 0.4) is 0 Å². The van der Waals surface area contributed by atoms with Gasteiger partial charge in [-0.15, -0.1) is 0 Å². The van der Waals surface area contributed by atoms with Crippen LogP contribution < -0.4 is 41.0 Å². The highest BCUT2D eigenvalue weighted by Gasteiger charge is 2.47. The van der Waals surface area contributed by atoms with Gasteiger partial charge in [-0.2, -0.15) is 0 Å². The summed E-state index contributed by atoms with van der Waals surface area (Å²) in [5.41, 5.74) is 5.72. The summed E-state index contributed by atoms with van der Waals surface area (Å²) >= 11 is 0.841. The lowest BCUT2D eigenvalue weighted by atomic mass is 9.87. The summed E-state index contributed by atoms with van der Waals surface area (Å²) in [5.74, 6) is -3.82. The Balaban J connectivity index is 1.21. The lowest BCUT2D eigenvalue weighted by Crippen LogP contribution is -2.46. The van der Waals surface area contributed by atoms with E-state index in [0.717, 1.165) is 40.1 Å². The normalized spacial score (nSPS) is 21.0. The molecule has 26 nitrogen and oxygen atoms in total. The molecule has 0 saturated carbocycles. The highest BCUT2D eigenvalue weighted by molar-refractivity contribution is 8.13. The summed E-state index contributed by atoms with van der Waals surface area (Å²) < 4.78 is 60.6. The molecular formula is C33H43N7O19P3S-5. The third-order valence-corrected chi connectivity index (χ3v) is 13.1. The molecule has 1 aliphatic rings. The molecule has 2 amide bonds. The number of aliphatic hydroxyl groups excluding tert-OH is 2. The summed E-state index contributed by atoms with van der Waals surface area (Å²) in [4.78, 5) is 109. The minimum atomic E-state index is -5.95. The van der Waals surface area contributed by atoms with Crippen molar-refractivity contribution in [2.45, 2.75) is 70.7 Å². The number of anilines is 1. The highest BCUT2D eigenvalue weighted by Crippen LogP contribution is 2.56. The molecule has 3 aromatic rings. The zero-order chi connectivity index (χ0) is 46.9. The fourth-order valence-electron chi connectivity index (χ4n) is 5.94. The van der Waals surface area contributed by atoms with Crippen LogP contribution in [0.5, 0.6) is 0 Å². The van der Waals surface area contributed by atoms with E-state index in [4.69, 9.17) is 10.5 Å². The van der Waals surface area contributed by atoms with Crippen LogP contribution in [0.25, 0.3) is 11.2 Å². The van der Waals surface area contributed by atoms with Crippen LogP contribution in [0.4, 0.5) is 5.82 Å². The van der Waals surface area contributed by atoms with Gasteiger partial charge >= 0.3 is 0 Å². The van der Waals surface area contributed by atoms with E-state index < -0.39 is 108 Å². The summed E-state index contributed by atoms with van der Waals surface area (Å²) in [6.07, 6.45) is -8.12. The van der Waals surface area contributed by atoms with Gasteiger partial charge in [0.2, 0.25) is 11.8 Å². The third-order valence-electron chi connectivity index (χ3n) is 9.03. The molecule has 0 bridgehead atoms. The minimum Gasteiger partial charge on any atom is -0.790 e. The standard InChI is InChI=1S/C33H48N7O19P3S/c1-18-5-4-6-19(11-18)12-20(13-23(42)43)32(47)63-10-9-35-22(41)7-8-36-30(46)27(45)33(2,3)15-56-62(53,54)59-61(51,52)55-14-21-26(58-60(48,49)50)25(44)31(57-21)40-17-39-24-28(34)37-16-38-29(24)40/h4-6,11,16-17,20-21,25-27,31,44-45H,7-10,12-15H2,1-3H3,(H,35,41)(H,36,46)(H,42,43)(H,51,52)(H,53,54)(H2,34,37,38)(H2,48,49,50)/p-5/t20?,21-,25-,26-,27+,31-/m1/s1. The lowest BCUT2D eigenvalue weighted by Gasteiger charge is -2.36. The Morgan fingerprint density at radius 3 is 2.41 bits per heavy atom. The summed E-state index contributed by atoms with van der Waals surface area (Å²) in [5, 5.41) is 37.1. The monoisotopic (exact) mass is 966 g/mol. The van der Waals surface area contributed by atoms with E-state index in [1.807, 2.05) is 19.1 Å².